The topological polar surface area (TPSA) is 46.4 Å². The highest BCUT2D eigenvalue weighted by atomic mass is 79.9. The third-order valence-electron chi connectivity index (χ3n) is 3.83. The van der Waals surface area contributed by atoms with Crippen LogP contribution in [0, 0.1) is 13.8 Å². The first-order valence-corrected chi connectivity index (χ1v) is 8.58. The van der Waals surface area contributed by atoms with Crippen LogP contribution in [0.4, 0.5) is 18.9 Å². The van der Waals surface area contributed by atoms with Crippen molar-refractivity contribution in [3.8, 4) is 0 Å². The molecule has 9 heteroatoms. The molecule has 1 amide bonds. The molecule has 26 heavy (non-hydrogen) atoms. The molecule has 3 aromatic rings. The second kappa shape index (κ2) is 6.59. The number of pyridine rings is 1. The molecule has 0 aliphatic heterocycles. The fraction of sp³-hybridized carbons (Fsp3) is 0.176. The quantitative estimate of drug-likeness (QED) is 0.554. The van der Waals surface area contributed by atoms with E-state index in [2.05, 4.69) is 26.2 Å². The Balaban J connectivity index is 2.10. The molecule has 0 aliphatic rings. The highest BCUT2D eigenvalue weighted by Gasteiger charge is 2.33. The van der Waals surface area contributed by atoms with E-state index in [-0.39, 0.29) is 22.1 Å². The van der Waals surface area contributed by atoms with E-state index in [1.807, 2.05) is 6.07 Å². The molecule has 1 N–H and O–H groups in total. The lowest BCUT2D eigenvalue weighted by atomic mass is 10.2. The smallest absolute Gasteiger partial charge is 0.320 e. The summed E-state index contributed by atoms with van der Waals surface area (Å²) in [6.07, 6.45) is -3.77. The predicted octanol–water partition coefficient (Wildman–Crippen LogP) is 5.64. The van der Waals surface area contributed by atoms with Gasteiger partial charge in [-0.15, -0.1) is 0 Å². The van der Waals surface area contributed by atoms with Crippen molar-refractivity contribution in [2.75, 3.05) is 5.32 Å². The van der Waals surface area contributed by atoms with Gasteiger partial charge in [-0.1, -0.05) is 27.5 Å². The number of aryl methyl sites for hydroxylation is 2. The number of alkyl halides is 3. The maximum absolute atomic E-state index is 13.1. The molecular formula is C17H12BrClF3N3O. The van der Waals surface area contributed by atoms with Crippen LogP contribution in [0.1, 0.15) is 27.3 Å². The summed E-state index contributed by atoms with van der Waals surface area (Å²) >= 11 is 9.27. The van der Waals surface area contributed by atoms with Crippen molar-refractivity contribution in [3.63, 3.8) is 0 Å². The van der Waals surface area contributed by atoms with Gasteiger partial charge in [-0.05, 0) is 43.7 Å². The van der Waals surface area contributed by atoms with Crippen molar-refractivity contribution >= 4 is 44.8 Å². The van der Waals surface area contributed by atoms with Gasteiger partial charge in [0.05, 0.1) is 16.3 Å². The number of halogens is 5. The summed E-state index contributed by atoms with van der Waals surface area (Å²) in [5.41, 5.74) is 0.753. The lowest BCUT2D eigenvalue weighted by Crippen LogP contribution is -2.17. The van der Waals surface area contributed by atoms with E-state index in [0.29, 0.717) is 5.69 Å². The van der Waals surface area contributed by atoms with E-state index in [1.165, 1.54) is 0 Å². The van der Waals surface area contributed by atoms with Gasteiger partial charge in [0.15, 0.2) is 5.65 Å². The summed E-state index contributed by atoms with van der Waals surface area (Å²) in [5, 5.41) is 2.53. The van der Waals surface area contributed by atoms with Crippen molar-refractivity contribution in [1.29, 1.82) is 0 Å². The molecule has 0 atom stereocenters. The van der Waals surface area contributed by atoms with Crippen molar-refractivity contribution in [2.45, 2.75) is 20.0 Å². The predicted molar refractivity (Wildman–Crippen MR) is 96.8 cm³/mol. The van der Waals surface area contributed by atoms with Crippen LogP contribution in [0.15, 0.2) is 34.9 Å². The Kier molecular flexibility index (Phi) is 4.74. The third kappa shape index (κ3) is 3.43. The SMILES string of the molecule is Cc1cc(Br)ccc1NC(=O)c1c(C)nc2c(Cl)cc(C(F)(F)F)cn12. The lowest BCUT2D eigenvalue weighted by Gasteiger charge is -2.11. The fourth-order valence-corrected chi connectivity index (χ4v) is 3.32. The summed E-state index contributed by atoms with van der Waals surface area (Å²) in [6, 6.07) is 6.06. The highest BCUT2D eigenvalue weighted by molar-refractivity contribution is 9.10. The largest absolute Gasteiger partial charge is 0.417 e. The van der Waals surface area contributed by atoms with Gasteiger partial charge in [0.2, 0.25) is 0 Å². The van der Waals surface area contributed by atoms with Crippen molar-refractivity contribution in [1.82, 2.24) is 9.38 Å². The molecule has 0 fully saturated rings. The Morgan fingerprint density at radius 1 is 1.27 bits per heavy atom. The molecule has 0 radical (unpaired) electrons. The minimum Gasteiger partial charge on any atom is -0.320 e. The number of fused-ring (bicyclic) bond motifs is 1. The Bertz CT molecular complexity index is 1030. The maximum Gasteiger partial charge on any atom is 0.417 e. The first-order chi connectivity index (χ1) is 12.1. The summed E-state index contributed by atoms with van der Waals surface area (Å²) in [7, 11) is 0. The van der Waals surface area contributed by atoms with Crippen LogP contribution in [0.2, 0.25) is 5.02 Å². The number of rotatable bonds is 2. The van der Waals surface area contributed by atoms with Gasteiger partial charge in [0, 0.05) is 16.4 Å². The number of anilines is 1. The van der Waals surface area contributed by atoms with E-state index < -0.39 is 17.6 Å². The molecule has 2 aromatic heterocycles. The zero-order chi connectivity index (χ0) is 19.2. The first kappa shape index (κ1) is 18.7. The summed E-state index contributed by atoms with van der Waals surface area (Å²) in [4.78, 5) is 16.8. The zero-order valence-electron chi connectivity index (χ0n) is 13.6. The van der Waals surface area contributed by atoms with E-state index in [4.69, 9.17) is 11.6 Å². The molecule has 0 spiro atoms. The number of hydrogen-bond acceptors (Lipinski definition) is 2. The van der Waals surface area contributed by atoms with Gasteiger partial charge in [-0.3, -0.25) is 9.20 Å². The number of carbonyl (C=O) groups excluding carboxylic acids is 1. The Morgan fingerprint density at radius 3 is 2.58 bits per heavy atom. The van der Waals surface area contributed by atoms with E-state index in [9.17, 15) is 18.0 Å². The van der Waals surface area contributed by atoms with Gasteiger partial charge < -0.3 is 5.32 Å². The zero-order valence-corrected chi connectivity index (χ0v) is 15.9. The van der Waals surface area contributed by atoms with Crippen LogP contribution in [-0.4, -0.2) is 15.3 Å². The molecule has 0 saturated heterocycles. The van der Waals surface area contributed by atoms with E-state index in [0.717, 1.165) is 26.7 Å². The molecule has 0 saturated carbocycles. The van der Waals surface area contributed by atoms with Gasteiger partial charge in [0.1, 0.15) is 5.69 Å². The molecule has 0 aliphatic carbocycles. The number of carbonyl (C=O) groups is 1. The molecule has 0 unspecified atom stereocenters. The molecule has 1 aromatic carbocycles. The van der Waals surface area contributed by atoms with Crippen LogP contribution in [0.25, 0.3) is 5.65 Å². The third-order valence-corrected chi connectivity index (χ3v) is 4.60. The second-order valence-electron chi connectivity index (χ2n) is 5.73. The van der Waals surface area contributed by atoms with Gasteiger partial charge in [0.25, 0.3) is 5.91 Å². The van der Waals surface area contributed by atoms with Crippen LogP contribution >= 0.6 is 27.5 Å². The standard InChI is InChI=1S/C17H12BrClF3N3O/c1-8-5-11(18)3-4-13(8)24-16(26)14-9(2)23-15-12(19)6-10(7-25(14)15)17(20,21)22/h3-7H,1-2H3,(H,24,26). The number of aromatic nitrogens is 2. The minimum absolute atomic E-state index is 0.00433. The Morgan fingerprint density at radius 2 is 1.96 bits per heavy atom. The number of amides is 1. The number of benzene rings is 1. The molecule has 0 bridgehead atoms. The maximum atomic E-state index is 13.1. The Hall–Kier alpha value is -2.06. The molecule has 3 rings (SSSR count). The van der Waals surface area contributed by atoms with Gasteiger partial charge in [-0.25, -0.2) is 4.98 Å². The summed E-state index contributed by atoms with van der Waals surface area (Å²) in [5.74, 6) is -0.573. The van der Waals surface area contributed by atoms with Crippen LogP contribution < -0.4 is 5.32 Å². The summed E-state index contributed by atoms with van der Waals surface area (Å²) in [6.45, 7) is 3.35. The first-order valence-electron chi connectivity index (χ1n) is 7.41. The van der Waals surface area contributed by atoms with Crippen LogP contribution in [-0.2, 0) is 6.18 Å². The van der Waals surface area contributed by atoms with Crippen molar-refractivity contribution in [2.24, 2.45) is 0 Å². The summed E-state index contributed by atoms with van der Waals surface area (Å²) < 4.78 is 41.1. The van der Waals surface area contributed by atoms with Crippen molar-refractivity contribution in [3.05, 3.63) is 62.5 Å². The lowest BCUT2D eigenvalue weighted by molar-refractivity contribution is -0.137. The molecular weight excluding hydrogens is 435 g/mol. The van der Waals surface area contributed by atoms with Crippen LogP contribution in [0.5, 0.6) is 0 Å². The average Bonchev–Trinajstić information content (AvgIpc) is 2.86. The fourth-order valence-electron chi connectivity index (χ4n) is 2.60. The van der Waals surface area contributed by atoms with Gasteiger partial charge >= 0.3 is 6.18 Å². The number of imidazole rings is 1. The molecule has 2 heterocycles. The number of nitrogens with zero attached hydrogens (tertiary/aromatic N) is 2. The second-order valence-corrected chi connectivity index (χ2v) is 7.05. The molecule has 136 valence electrons. The monoisotopic (exact) mass is 445 g/mol. The number of hydrogen-bond donors (Lipinski definition) is 1. The highest BCUT2D eigenvalue weighted by Crippen LogP contribution is 2.33. The van der Waals surface area contributed by atoms with Crippen molar-refractivity contribution < 1.29 is 18.0 Å². The molecule has 4 nitrogen and oxygen atoms in total. The van der Waals surface area contributed by atoms with Gasteiger partial charge in [-0.2, -0.15) is 13.2 Å². The normalized spacial score (nSPS) is 11.8. The average molecular weight is 447 g/mol. The van der Waals surface area contributed by atoms with E-state index in [1.54, 1.807) is 26.0 Å². The van der Waals surface area contributed by atoms with Crippen LogP contribution in [0.3, 0.4) is 0 Å². The van der Waals surface area contributed by atoms with E-state index >= 15 is 0 Å². The number of nitrogens with one attached hydrogen (secondary N) is 1. The Labute approximate surface area is 160 Å². The minimum atomic E-state index is -4.59.